The molecule has 0 heterocycles. The summed E-state index contributed by atoms with van der Waals surface area (Å²) in [6.45, 7) is 2.30. The highest BCUT2D eigenvalue weighted by molar-refractivity contribution is 5.84. The van der Waals surface area contributed by atoms with E-state index in [4.69, 9.17) is 4.74 Å². The van der Waals surface area contributed by atoms with Crippen LogP contribution in [0.2, 0.25) is 0 Å². The van der Waals surface area contributed by atoms with Crippen LogP contribution in [0.4, 0.5) is 13.2 Å². The third-order valence-electron chi connectivity index (χ3n) is 3.09. The third kappa shape index (κ3) is 4.48. The summed E-state index contributed by atoms with van der Waals surface area (Å²) in [5.74, 6) is 0.303. The van der Waals surface area contributed by atoms with Crippen LogP contribution in [0, 0.1) is 0 Å². The average molecular weight is 323 g/mol. The Hall–Kier alpha value is -2.50. The first-order chi connectivity index (χ1) is 10.9. The molecule has 0 radical (unpaired) electrons. The van der Waals surface area contributed by atoms with Crippen LogP contribution in [0.15, 0.2) is 47.5 Å². The quantitative estimate of drug-likeness (QED) is 0.827. The molecule has 0 spiro atoms. The summed E-state index contributed by atoms with van der Waals surface area (Å²) < 4.78 is 43.2. The van der Waals surface area contributed by atoms with Gasteiger partial charge in [-0.15, -0.1) is 0 Å². The number of hydrogen-bond donors (Lipinski definition) is 1. The summed E-state index contributed by atoms with van der Waals surface area (Å²) in [6, 6.07) is 9.98. The lowest BCUT2D eigenvalue weighted by molar-refractivity contribution is -0.137. The monoisotopic (exact) mass is 323 g/mol. The van der Waals surface area contributed by atoms with Gasteiger partial charge in [-0.1, -0.05) is 18.2 Å². The molecule has 0 fully saturated rings. The van der Waals surface area contributed by atoms with Gasteiger partial charge < -0.3 is 9.84 Å². The molecule has 0 aliphatic heterocycles. The highest BCUT2D eigenvalue weighted by Crippen LogP contribution is 2.30. The zero-order valence-electron chi connectivity index (χ0n) is 12.5. The second kappa shape index (κ2) is 7.17. The SMILES string of the molecule is CCOc1cccc(C=NCc2cccc(C(F)(F)F)c2)c1O. The Bertz CT molecular complexity index is 696. The van der Waals surface area contributed by atoms with E-state index in [1.165, 1.54) is 12.3 Å². The van der Waals surface area contributed by atoms with E-state index in [1.807, 2.05) is 0 Å². The number of para-hydroxylation sites is 1. The number of hydrogen-bond acceptors (Lipinski definition) is 3. The standard InChI is InChI=1S/C17H16F3NO2/c1-2-23-15-8-4-6-13(16(15)22)11-21-10-12-5-3-7-14(9-12)17(18,19)20/h3-9,11,22H,2,10H2,1H3. The lowest BCUT2D eigenvalue weighted by Crippen LogP contribution is -2.05. The predicted molar refractivity (Wildman–Crippen MR) is 82.0 cm³/mol. The second-order valence-corrected chi connectivity index (χ2v) is 4.79. The lowest BCUT2D eigenvalue weighted by atomic mass is 10.1. The Balaban J connectivity index is 2.12. The van der Waals surface area contributed by atoms with Crippen molar-refractivity contribution in [3.63, 3.8) is 0 Å². The van der Waals surface area contributed by atoms with Crippen molar-refractivity contribution in [3.05, 3.63) is 59.2 Å². The van der Waals surface area contributed by atoms with E-state index in [-0.39, 0.29) is 12.3 Å². The van der Waals surface area contributed by atoms with Gasteiger partial charge in [-0.25, -0.2) is 0 Å². The minimum Gasteiger partial charge on any atom is -0.504 e. The van der Waals surface area contributed by atoms with Gasteiger partial charge in [-0.05, 0) is 36.8 Å². The Morgan fingerprint density at radius 1 is 1.17 bits per heavy atom. The molecular formula is C17H16F3NO2. The zero-order chi connectivity index (χ0) is 16.9. The van der Waals surface area contributed by atoms with Gasteiger partial charge in [0.1, 0.15) is 0 Å². The van der Waals surface area contributed by atoms with Crippen LogP contribution in [-0.4, -0.2) is 17.9 Å². The number of rotatable bonds is 5. The predicted octanol–water partition coefficient (Wildman–Crippen LogP) is 4.43. The molecule has 3 nitrogen and oxygen atoms in total. The number of alkyl halides is 3. The van der Waals surface area contributed by atoms with Crippen molar-refractivity contribution in [2.45, 2.75) is 19.6 Å². The number of halogens is 3. The molecule has 6 heteroatoms. The topological polar surface area (TPSA) is 41.8 Å². The minimum atomic E-state index is -4.37. The first kappa shape index (κ1) is 16.9. The lowest BCUT2D eigenvalue weighted by Gasteiger charge is -2.08. The van der Waals surface area contributed by atoms with Gasteiger partial charge in [0.2, 0.25) is 0 Å². The highest BCUT2D eigenvalue weighted by atomic mass is 19.4. The van der Waals surface area contributed by atoms with E-state index in [1.54, 1.807) is 31.2 Å². The number of aliphatic imine (C=N–C) groups is 1. The fourth-order valence-electron chi connectivity index (χ4n) is 2.01. The van der Waals surface area contributed by atoms with Crippen LogP contribution in [0.1, 0.15) is 23.6 Å². The van der Waals surface area contributed by atoms with Crippen molar-refractivity contribution in [2.75, 3.05) is 6.61 Å². The van der Waals surface area contributed by atoms with E-state index < -0.39 is 11.7 Å². The molecule has 2 rings (SSSR count). The molecule has 122 valence electrons. The van der Waals surface area contributed by atoms with Gasteiger partial charge in [-0.2, -0.15) is 13.2 Å². The largest absolute Gasteiger partial charge is 0.504 e. The summed E-state index contributed by atoms with van der Waals surface area (Å²) in [4.78, 5) is 4.09. The van der Waals surface area contributed by atoms with Gasteiger partial charge >= 0.3 is 6.18 Å². The molecule has 2 aromatic rings. The molecule has 23 heavy (non-hydrogen) atoms. The Morgan fingerprint density at radius 3 is 2.61 bits per heavy atom. The van der Waals surface area contributed by atoms with Crippen LogP contribution in [0.25, 0.3) is 0 Å². The van der Waals surface area contributed by atoms with Gasteiger partial charge in [0.25, 0.3) is 0 Å². The molecule has 0 aliphatic rings. The molecule has 1 N–H and O–H groups in total. The first-order valence-electron chi connectivity index (χ1n) is 7.02. The Morgan fingerprint density at radius 2 is 1.91 bits per heavy atom. The van der Waals surface area contributed by atoms with Crippen molar-refractivity contribution in [1.29, 1.82) is 0 Å². The Labute approximate surface area is 132 Å². The first-order valence-corrected chi connectivity index (χ1v) is 7.02. The van der Waals surface area contributed by atoms with E-state index in [2.05, 4.69) is 4.99 Å². The molecule has 0 amide bonds. The van der Waals surface area contributed by atoms with Crippen LogP contribution in [0.5, 0.6) is 11.5 Å². The minimum absolute atomic E-state index is 0.0397. The van der Waals surface area contributed by atoms with E-state index in [0.29, 0.717) is 23.5 Å². The van der Waals surface area contributed by atoms with Gasteiger partial charge in [-0.3, -0.25) is 4.99 Å². The van der Waals surface area contributed by atoms with Crippen molar-refractivity contribution < 1.29 is 23.0 Å². The molecule has 0 bridgehead atoms. The fraction of sp³-hybridized carbons (Fsp3) is 0.235. The molecule has 0 aromatic heterocycles. The summed E-state index contributed by atoms with van der Waals surface area (Å²) in [6.07, 6.45) is -2.96. The highest BCUT2D eigenvalue weighted by Gasteiger charge is 2.30. The second-order valence-electron chi connectivity index (χ2n) is 4.79. The van der Waals surface area contributed by atoms with Crippen LogP contribution in [-0.2, 0) is 12.7 Å². The van der Waals surface area contributed by atoms with Crippen molar-refractivity contribution in [3.8, 4) is 11.5 Å². The van der Waals surface area contributed by atoms with E-state index in [0.717, 1.165) is 12.1 Å². The maximum absolute atomic E-state index is 12.6. The van der Waals surface area contributed by atoms with Crippen LogP contribution in [0.3, 0.4) is 0 Å². The maximum Gasteiger partial charge on any atom is 0.416 e. The van der Waals surface area contributed by atoms with Gasteiger partial charge in [0, 0.05) is 11.8 Å². The average Bonchev–Trinajstić information content (AvgIpc) is 2.51. The van der Waals surface area contributed by atoms with Crippen LogP contribution >= 0.6 is 0 Å². The number of ether oxygens (including phenoxy) is 1. The summed E-state index contributed by atoms with van der Waals surface area (Å²) >= 11 is 0. The van der Waals surface area contributed by atoms with Crippen LogP contribution < -0.4 is 4.74 Å². The molecule has 0 saturated carbocycles. The van der Waals surface area contributed by atoms with Crippen molar-refractivity contribution in [2.24, 2.45) is 4.99 Å². The number of aromatic hydroxyl groups is 1. The molecule has 2 aromatic carbocycles. The molecule has 0 saturated heterocycles. The Kier molecular flexibility index (Phi) is 5.26. The number of phenols is 1. The fourth-order valence-corrected chi connectivity index (χ4v) is 2.01. The molecule has 0 atom stereocenters. The van der Waals surface area contributed by atoms with E-state index in [9.17, 15) is 18.3 Å². The summed E-state index contributed by atoms with van der Waals surface area (Å²) in [5, 5.41) is 10.0. The molecular weight excluding hydrogens is 307 g/mol. The third-order valence-corrected chi connectivity index (χ3v) is 3.09. The summed E-state index contributed by atoms with van der Waals surface area (Å²) in [5.41, 5.74) is 0.186. The van der Waals surface area contributed by atoms with E-state index >= 15 is 0 Å². The van der Waals surface area contributed by atoms with Gasteiger partial charge in [0.15, 0.2) is 11.5 Å². The van der Waals surface area contributed by atoms with Gasteiger partial charge in [0.05, 0.1) is 18.7 Å². The number of phenolic OH excluding ortho intramolecular Hbond substituents is 1. The molecule has 0 aliphatic carbocycles. The summed E-state index contributed by atoms with van der Waals surface area (Å²) in [7, 11) is 0. The smallest absolute Gasteiger partial charge is 0.416 e. The van der Waals surface area contributed by atoms with Crippen molar-refractivity contribution in [1.82, 2.24) is 0 Å². The van der Waals surface area contributed by atoms with Crippen molar-refractivity contribution >= 4 is 6.21 Å². The zero-order valence-corrected chi connectivity index (χ0v) is 12.5. The molecule has 0 unspecified atom stereocenters. The normalized spacial score (nSPS) is 11.8. The number of benzene rings is 2. The maximum atomic E-state index is 12.6. The number of nitrogens with zero attached hydrogens (tertiary/aromatic N) is 1.